The molecule has 10 nitrogen and oxygen atoms in total. The number of carbonyl (C=O) groups excluding carboxylic acids is 2. The number of hydrogen-bond acceptors (Lipinski definition) is 6. The van der Waals surface area contributed by atoms with Gasteiger partial charge in [0.25, 0.3) is 0 Å². The van der Waals surface area contributed by atoms with Crippen LogP contribution < -0.4 is 21.5 Å². The molecule has 3 aromatic rings. The summed E-state index contributed by atoms with van der Waals surface area (Å²) in [4.78, 5) is 37.0. The van der Waals surface area contributed by atoms with Crippen molar-refractivity contribution < 1.29 is 32.2 Å². The molecule has 0 radical (unpaired) electrons. The zero-order chi connectivity index (χ0) is 27.9. The Balaban J connectivity index is 1.88. The molecule has 13 heteroatoms. The van der Waals surface area contributed by atoms with Crippen molar-refractivity contribution in [3.63, 3.8) is 0 Å². The number of methoxy groups -OCH3 is 1. The molecule has 0 bridgehead atoms. The van der Waals surface area contributed by atoms with Crippen LogP contribution in [0.4, 0.5) is 18.0 Å². The first kappa shape index (κ1) is 28.3. The molecule has 0 spiro atoms. The second-order valence-corrected chi connectivity index (χ2v) is 8.46. The van der Waals surface area contributed by atoms with Crippen LogP contribution in [0.2, 0.25) is 0 Å². The van der Waals surface area contributed by atoms with Crippen molar-refractivity contribution in [3.8, 4) is 17.1 Å². The predicted octanol–water partition coefficient (Wildman–Crippen LogP) is 3.32. The minimum absolute atomic E-state index is 0.0168. The maximum atomic E-state index is 13.0. The van der Waals surface area contributed by atoms with Crippen LogP contribution in [0.15, 0.2) is 53.3 Å². The van der Waals surface area contributed by atoms with Crippen LogP contribution in [-0.4, -0.2) is 46.2 Å². The van der Waals surface area contributed by atoms with Crippen molar-refractivity contribution in [2.45, 2.75) is 45.1 Å². The van der Waals surface area contributed by atoms with E-state index in [1.54, 1.807) is 48.5 Å². The van der Waals surface area contributed by atoms with Gasteiger partial charge in [-0.15, -0.1) is 5.10 Å². The Hall–Kier alpha value is -4.29. The van der Waals surface area contributed by atoms with Crippen molar-refractivity contribution in [1.29, 1.82) is 0 Å². The number of hydrogen-bond donors (Lipinski definition) is 2. The Labute approximate surface area is 216 Å². The van der Waals surface area contributed by atoms with Gasteiger partial charge in [0.05, 0.1) is 26.2 Å². The summed E-state index contributed by atoms with van der Waals surface area (Å²) >= 11 is 0. The molecule has 3 N–H and O–H groups in total. The zero-order valence-corrected chi connectivity index (χ0v) is 20.8. The van der Waals surface area contributed by atoms with Gasteiger partial charge in [0.2, 0.25) is 5.91 Å². The van der Waals surface area contributed by atoms with Gasteiger partial charge in [-0.1, -0.05) is 48.0 Å². The summed E-state index contributed by atoms with van der Waals surface area (Å²) in [7, 11) is 1.46. The first-order chi connectivity index (χ1) is 18.0. The number of benzene rings is 2. The number of nitrogens with zero attached hydrogens (tertiary/aromatic N) is 3. The Morgan fingerprint density at radius 2 is 1.82 bits per heavy atom. The smallest absolute Gasteiger partial charge is 0.404 e. The lowest BCUT2D eigenvalue weighted by atomic mass is 10.0. The minimum Gasteiger partial charge on any atom is -0.496 e. The molecule has 0 aliphatic carbocycles. The van der Waals surface area contributed by atoms with E-state index in [0.29, 0.717) is 16.9 Å². The van der Waals surface area contributed by atoms with Crippen LogP contribution in [0.5, 0.6) is 5.75 Å². The van der Waals surface area contributed by atoms with E-state index in [2.05, 4.69) is 10.4 Å². The lowest BCUT2D eigenvalue weighted by Crippen LogP contribution is -2.36. The van der Waals surface area contributed by atoms with E-state index in [4.69, 9.17) is 15.2 Å². The molecule has 1 heterocycles. The van der Waals surface area contributed by atoms with Gasteiger partial charge in [-0.3, -0.25) is 9.36 Å². The molecule has 38 heavy (non-hydrogen) atoms. The Kier molecular flexibility index (Phi) is 9.16. The van der Waals surface area contributed by atoms with Crippen molar-refractivity contribution >= 4 is 12.0 Å². The quantitative estimate of drug-likeness (QED) is 0.387. The number of rotatable bonds is 11. The molecular formula is C25H28F3N5O5. The van der Waals surface area contributed by atoms with Crippen LogP contribution in [0.25, 0.3) is 11.4 Å². The summed E-state index contributed by atoms with van der Waals surface area (Å²) in [5.41, 5.74) is 6.10. The fourth-order valence-corrected chi connectivity index (χ4v) is 3.81. The van der Waals surface area contributed by atoms with Crippen LogP contribution in [0.1, 0.15) is 30.0 Å². The number of amides is 2. The average Bonchev–Trinajstić information content (AvgIpc) is 3.16. The van der Waals surface area contributed by atoms with E-state index in [9.17, 15) is 27.6 Å². The first-order valence-corrected chi connectivity index (χ1v) is 11.6. The number of nitrogens with two attached hydrogens (primary N) is 1. The second-order valence-electron chi connectivity index (χ2n) is 8.46. The standard InChI is InChI=1S/C25H28F3N5O5/c1-16-7-9-17(10-8-16)22-31-33(24(36)32(22)13-12-25(26,27)28)15-21(34)30-19(11-14-38-23(29)35)18-5-3-4-6-20(18)37-2/h3-10,19H,11-15H2,1-2H3,(H2,29,35)(H,30,34). The summed E-state index contributed by atoms with van der Waals surface area (Å²) in [6.45, 7) is 0.526. The highest BCUT2D eigenvalue weighted by Crippen LogP contribution is 2.27. The fourth-order valence-electron chi connectivity index (χ4n) is 3.81. The van der Waals surface area contributed by atoms with Gasteiger partial charge < -0.3 is 20.5 Å². The van der Waals surface area contributed by atoms with E-state index in [0.717, 1.165) is 14.8 Å². The summed E-state index contributed by atoms with van der Waals surface area (Å²) in [5, 5.41) is 6.93. The van der Waals surface area contributed by atoms with Crippen molar-refractivity contribution in [2.24, 2.45) is 5.73 Å². The number of halogens is 3. The summed E-state index contributed by atoms with van der Waals surface area (Å²) in [5.74, 6) is -0.159. The molecule has 2 amide bonds. The van der Waals surface area contributed by atoms with Gasteiger partial charge in [0.1, 0.15) is 12.3 Å². The molecule has 1 atom stereocenters. The number of primary amides is 1. The predicted molar refractivity (Wildman–Crippen MR) is 131 cm³/mol. The van der Waals surface area contributed by atoms with Gasteiger partial charge in [-0.2, -0.15) is 13.2 Å². The Morgan fingerprint density at radius 1 is 1.13 bits per heavy atom. The van der Waals surface area contributed by atoms with E-state index >= 15 is 0 Å². The van der Waals surface area contributed by atoms with Crippen molar-refractivity contribution in [1.82, 2.24) is 19.7 Å². The lowest BCUT2D eigenvalue weighted by molar-refractivity contribution is -0.136. The second kappa shape index (κ2) is 12.3. The van der Waals surface area contributed by atoms with Gasteiger partial charge >= 0.3 is 18.0 Å². The van der Waals surface area contributed by atoms with Crippen LogP contribution >= 0.6 is 0 Å². The Bertz CT molecular complexity index is 1320. The van der Waals surface area contributed by atoms with E-state index < -0.39 is 49.4 Å². The number of alkyl halides is 3. The lowest BCUT2D eigenvalue weighted by Gasteiger charge is -2.21. The third-order valence-electron chi connectivity index (χ3n) is 5.65. The van der Waals surface area contributed by atoms with Gasteiger partial charge in [-0.05, 0) is 13.0 Å². The van der Waals surface area contributed by atoms with Gasteiger partial charge in [-0.25, -0.2) is 14.3 Å². The number of carbonyl (C=O) groups is 2. The monoisotopic (exact) mass is 535 g/mol. The number of ether oxygens (including phenoxy) is 2. The van der Waals surface area contributed by atoms with Crippen LogP contribution in [0.3, 0.4) is 0 Å². The molecule has 0 saturated carbocycles. The molecule has 1 aromatic heterocycles. The largest absolute Gasteiger partial charge is 0.496 e. The molecule has 2 aromatic carbocycles. The van der Waals surface area contributed by atoms with Gasteiger partial charge in [0, 0.05) is 24.1 Å². The topological polar surface area (TPSA) is 130 Å². The molecule has 0 fully saturated rings. The molecule has 0 aliphatic rings. The molecule has 204 valence electrons. The van der Waals surface area contributed by atoms with Crippen molar-refractivity contribution in [3.05, 3.63) is 70.1 Å². The van der Waals surface area contributed by atoms with Gasteiger partial charge in [0.15, 0.2) is 5.82 Å². The van der Waals surface area contributed by atoms with Crippen LogP contribution in [0, 0.1) is 6.92 Å². The first-order valence-electron chi connectivity index (χ1n) is 11.6. The SMILES string of the molecule is COc1ccccc1C(CCOC(N)=O)NC(=O)Cn1nc(-c2ccc(C)cc2)n(CCC(F)(F)F)c1=O. The summed E-state index contributed by atoms with van der Waals surface area (Å²) < 4.78 is 50.7. The van der Waals surface area contributed by atoms with E-state index in [1.165, 1.54) is 7.11 Å². The Morgan fingerprint density at radius 3 is 2.45 bits per heavy atom. The number of aromatic nitrogens is 3. The fraction of sp³-hybridized carbons (Fsp3) is 0.360. The number of nitrogens with one attached hydrogen (secondary N) is 1. The molecule has 3 rings (SSSR count). The zero-order valence-electron chi connectivity index (χ0n) is 20.8. The highest BCUT2D eigenvalue weighted by molar-refractivity contribution is 5.76. The minimum atomic E-state index is -4.49. The normalized spacial score (nSPS) is 12.1. The highest BCUT2D eigenvalue weighted by atomic mass is 19.4. The average molecular weight is 536 g/mol. The summed E-state index contributed by atoms with van der Waals surface area (Å²) in [6.07, 6.45) is -6.56. The third-order valence-corrected chi connectivity index (χ3v) is 5.65. The van der Waals surface area contributed by atoms with E-state index in [-0.39, 0.29) is 18.9 Å². The molecule has 1 unspecified atom stereocenters. The van der Waals surface area contributed by atoms with Crippen LogP contribution in [-0.2, 0) is 22.6 Å². The maximum Gasteiger partial charge on any atom is 0.404 e. The molecule has 0 aliphatic heterocycles. The third kappa shape index (κ3) is 7.60. The molecular weight excluding hydrogens is 507 g/mol. The summed E-state index contributed by atoms with van der Waals surface area (Å²) in [6, 6.07) is 12.9. The van der Waals surface area contributed by atoms with E-state index in [1.807, 2.05) is 6.92 Å². The maximum absolute atomic E-state index is 13.0. The van der Waals surface area contributed by atoms with Crippen molar-refractivity contribution in [2.75, 3.05) is 13.7 Å². The number of aryl methyl sites for hydroxylation is 1. The highest BCUT2D eigenvalue weighted by Gasteiger charge is 2.29. The number of para-hydroxylation sites is 1. The molecule has 0 saturated heterocycles.